The first-order valence-corrected chi connectivity index (χ1v) is 6.54. The lowest BCUT2D eigenvalue weighted by molar-refractivity contribution is 0.151. The highest BCUT2D eigenvalue weighted by molar-refractivity contribution is 7.98. The zero-order valence-electron chi connectivity index (χ0n) is 8.59. The van der Waals surface area contributed by atoms with E-state index in [0.717, 1.165) is 26.2 Å². The van der Waals surface area contributed by atoms with Gasteiger partial charge in [0.15, 0.2) is 0 Å². The standard InChI is InChI=1S/C9H20ClNOS/c1-12-8-7-11(6-4-10)5-3-9-13-2/h3-9H2,1-2H3. The topological polar surface area (TPSA) is 12.5 Å². The Labute approximate surface area is 91.0 Å². The Morgan fingerprint density at radius 3 is 2.62 bits per heavy atom. The molecule has 0 aromatic rings. The summed E-state index contributed by atoms with van der Waals surface area (Å²) in [4.78, 5) is 2.35. The molecular formula is C9H20ClNOS. The molecule has 2 nitrogen and oxygen atoms in total. The van der Waals surface area contributed by atoms with E-state index in [1.807, 2.05) is 11.8 Å². The molecule has 80 valence electrons. The SMILES string of the molecule is COCCN(CCCl)CCCSC. The molecule has 0 aliphatic heterocycles. The highest BCUT2D eigenvalue weighted by Gasteiger charge is 2.02. The average molecular weight is 226 g/mol. The van der Waals surface area contributed by atoms with Crippen LogP contribution >= 0.6 is 23.4 Å². The van der Waals surface area contributed by atoms with Gasteiger partial charge in [0.2, 0.25) is 0 Å². The summed E-state index contributed by atoms with van der Waals surface area (Å²) in [6, 6.07) is 0. The van der Waals surface area contributed by atoms with E-state index in [4.69, 9.17) is 16.3 Å². The van der Waals surface area contributed by atoms with Crippen molar-refractivity contribution in [2.75, 3.05) is 51.2 Å². The van der Waals surface area contributed by atoms with Gasteiger partial charge in [-0.1, -0.05) is 0 Å². The summed E-state index contributed by atoms with van der Waals surface area (Å²) < 4.78 is 5.03. The van der Waals surface area contributed by atoms with E-state index in [1.165, 1.54) is 12.2 Å². The van der Waals surface area contributed by atoms with Crippen LogP contribution in [0, 0.1) is 0 Å². The summed E-state index contributed by atoms with van der Waals surface area (Å²) in [5.41, 5.74) is 0. The van der Waals surface area contributed by atoms with Crippen molar-refractivity contribution in [2.45, 2.75) is 6.42 Å². The Balaban J connectivity index is 3.41. The minimum atomic E-state index is 0.711. The molecule has 0 heterocycles. The van der Waals surface area contributed by atoms with Crippen molar-refractivity contribution in [2.24, 2.45) is 0 Å². The molecule has 0 aromatic heterocycles. The van der Waals surface area contributed by atoms with E-state index in [2.05, 4.69) is 11.2 Å². The normalized spacial score (nSPS) is 11.1. The number of ether oxygens (including phenoxy) is 1. The molecule has 0 unspecified atom stereocenters. The van der Waals surface area contributed by atoms with Gasteiger partial charge in [-0.3, -0.25) is 4.90 Å². The number of methoxy groups -OCH3 is 1. The second kappa shape index (κ2) is 10.6. The Morgan fingerprint density at radius 2 is 2.08 bits per heavy atom. The summed E-state index contributed by atoms with van der Waals surface area (Å²) in [5, 5.41) is 0. The van der Waals surface area contributed by atoms with Gasteiger partial charge in [-0.2, -0.15) is 11.8 Å². The molecule has 13 heavy (non-hydrogen) atoms. The van der Waals surface area contributed by atoms with Crippen LogP contribution in [0.2, 0.25) is 0 Å². The number of nitrogens with zero attached hydrogens (tertiary/aromatic N) is 1. The fraction of sp³-hybridized carbons (Fsp3) is 1.00. The van der Waals surface area contributed by atoms with Gasteiger partial charge in [-0.05, 0) is 25.0 Å². The highest BCUT2D eigenvalue weighted by Crippen LogP contribution is 1.99. The van der Waals surface area contributed by atoms with Crippen molar-refractivity contribution >= 4 is 23.4 Å². The smallest absolute Gasteiger partial charge is 0.0589 e. The fourth-order valence-corrected chi connectivity index (χ4v) is 1.76. The zero-order chi connectivity index (χ0) is 9.94. The second-order valence-corrected chi connectivity index (χ2v) is 4.23. The lowest BCUT2D eigenvalue weighted by Gasteiger charge is -2.20. The number of rotatable bonds is 9. The quantitative estimate of drug-likeness (QED) is 0.440. The largest absolute Gasteiger partial charge is 0.383 e. The van der Waals surface area contributed by atoms with Gasteiger partial charge in [0.05, 0.1) is 6.61 Å². The van der Waals surface area contributed by atoms with Crippen LogP contribution in [0.4, 0.5) is 0 Å². The van der Waals surface area contributed by atoms with Crippen LogP contribution in [0.5, 0.6) is 0 Å². The number of halogens is 1. The molecule has 0 saturated carbocycles. The fourth-order valence-electron chi connectivity index (χ4n) is 1.11. The lowest BCUT2D eigenvalue weighted by atomic mass is 10.4. The molecule has 4 heteroatoms. The maximum atomic E-state index is 5.70. The second-order valence-electron chi connectivity index (χ2n) is 2.87. The molecule has 0 bridgehead atoms. The summed E-state index contributed by atoms with van der Waals surface area (Å²) in [7, 11) is 1.74. The molecule has 0 atom stereocenters. The highest BCUT2D eigenvalue weighted by atomic mass is 35.5. The van der Waals surface area contributed by atoms with Crippen LogP contribution in [-0.2, 0) is 4.74 Å². The Hall–Kier alpha value is 0.560. The molecule has 0 fully saturated rings. The minimum Gasteiger partial charge on any atom is -0.383 e. The van der Waals surface area contributed by atoms with Crippen LogP contribution in [0.15, 0.2) is 0 Å². The van der Waals surface area contributed by atoms with E-state index in [1.54, 1.807) is 7.11 Å². The summed E-state index contributed by atoms with van der Waals surface area (Å²) in [6.07, 6.45) is 3.38. The third-order valence-corrected chi connectivity index (χ3v) is 2.70. The van der Waals surface area contributed by atoms with Crippen LogP contribution in [0.3, 0.4) is 0 Å². The van der Waals surface area contributed by atoms with Gasteiger partial charge >= 0.3 is 0 Å². The van der Waals surface area contributed by atoms with Crippen molar-refractivity contribution in [1.82, 2.24) is 4.90 Å². The van der Waals surface area contributed by atoms with Crippen molar-refractivity contribution in [3.05, 3.63) is 0 Å². The first-order valence-electron chi connectivity index (χ1n) is 4.61. The summed E-state index contributed by atoms with van der Waals surface area (Å²) in [6.45, 7) is 3.91. The third kappa shape index (κ3) is 8.88. The average Bonchev–Trinajstić information content (AvgIpc) is 2.14. The third-order valence-electron chi connectivity index (χ3n) is 1.84. The Morgan fingerprint density at radius 1 is 1.31 bits per heavy atom. The first-order chi connectivity index (χ1) is 6.35. The number of hydrogen-bond donors (Lipinski definition) is 0. The molecule has 0 amide bonds. The monoisotopic (exact) mass is 225 g/mol. The van der Waals surface area contributed by atoms with Crippen LogP contribution in [0.25, 0.3) is 0 Å². The van der Waals surface area contributed by atoms with Gasteiger partial charge in [0, 0.05) is 26.1 Å². The van der Waals surface area contributed by atoms with Crippen molar-refractivity contribution in [3.8, 4) is 0 Å². The van der Waals surface area contributed by atoms with Gasteiger partial charge < -0.3 is 4.74 Å². The zero-order valence-corrected chi connectivity index (χ0v) is 10.2. The predicted molar refractivity (Wildman–Crippen MR) is 62.0 cm³/mol. The maximum Gasteiger partial charge on any atom is 0.0589 e. The number of alkyl halides is 1. The van der Waals surface area contributed by atoms with Gasteiger partial charge in [0.1, 0.15) is 0 Å². The lowest BCUT2D eigenvalue weighted by Crippen LogP contribution is -2.30. The molecule has 0 spiro atoms. The Bertz CT molecular complexity index is 106. The molecule has 0 radical (unpaired) electrons. The molecular weight excluding hydrogens is 206 g/mol. The van der Waals surface area contributed by atoms with Crippen LogP contribution in [-0.4, -0.2) is 56.1 Å². The van der Waals surface area contributed by atoms with Gasteiger partial charge in [-0.15, -0.1) is 11.6 Å². The minimum absolute atomic E-state index is 0.711. The molecule has 0 aliphatic carbocycles. The van der Waals surface area contributed by atoms with E-state index in [9.17, 15) is 0 Å². The first kappa shape index (κ1) is 13.6. The van der Waals surface area contributed by atoms with Crippen molar-refractivity contribution in [1.29, 1.82) is 0 Å². The summed E-state index contributed by atoms with van der Waals surface area (Å²) in [5.74, 6) is 1.94. The van der Waals surface area contributed by atoms with Crippen molar-refractivity contribution < 1.29 is 4.74 Å². The van der Waals surface area contributed by atoms with E-state index in [-0.39, 0.29) is 0 Å². The van der Waals surface area contributed by atoms with E-state index < -0.39 is 0 Å². The summed E-state index contributed by atoms with van der Waals surface area (Å²) >= 11 is 7.59. The molecule has 0 aliphatic rings. The van der Waals surface area contributed by atoms with Crippen LogP contribution in [0.1, 0.15) is 6.42 Å². The van der Waals surface area contributed by atoms with Gasteiger partial charge in [0.25, 0.3) is 0 Å². The maximum absolute atomic E-state index is 5.70. The predicted octanol–water partition coefficient (Wildman–Crippen LogP) is 1.93. The van der Waals surface area contributed by atoms with Crippen molar-refractivity contribution in [3.63, 3.8) is 0 Å². The molecule has 0 aromatic carbocycles. The Kier molecular flexibility index (Phi) is 11.1. The number of thioether (sulfide) groups is 1. The molecule has 0 N–H and O–H groups in total. The van der Waals surface area contributed by atoms with E-state index >= 15 is 0 Å². The van der Waals surface area contributed by atoms with E-state index in [0.29, 0.717) is 5.88 Å². The van der Waals surface area contributed by atoms with Crippen LogP contribution < -0.4 is 0 Å². The van der Waals surface area contributed by atoms with Gasteiger partial charge in [-0.25, -0.2) is 0 Å². The molecule has 0 rings (SSSR count). The molecule has 0 saturated heterocycles. The number of hydrogen-bond acceptors (Lipinski definition) is 3.